The van der Waals surface area contributed by atoms with Crippen LogP contribution in [0.5, 0.6) is 0 Å². The first-order chi connectivity index (χ1) is 8.63. The van der Waals surface area contributed by atoms with Crippen molar-refractivity contribution < 1.29 is 0 Å². The monoisotopic (exact) mass is 310 g/mol. The first kappa shape index (κ1) is 13.9. The maximum absolute atomic E-state index is 5.87. The van der Waals surface area contributed by atoms with Gasteiger partial charge in [-0.25, -0.2) is 0 Å². The van der Waals surface area contributed by atoms with Crippen molar-refractivity contribution in [1.82, 2.24) is 0 Å². The number of nitrogens with two attached hydrogens (primary N) is 1. The molecule has 100 valence electrons. The third-order valence-corrected chi connectivity index (χ3v) is 4.70. The fourth-order valence-electron chi connectivity index (χ4n) is 3.11. The highest BCUT2D eigenvalue weighted by Gasteiger charge is 2.26. The van der Waals surface area contributed by atoms with E-state index in [0.717, 1.165) is 10.4 Å². The smallest absolute Gasteiger partial charge is 0.0412 e. The molecule has 1 aliphatic rings. The zero-order valence-electron chi connectivity index (χ0n) is 11.3. The van der Waals surface area contributed by atoms with Crippen molar-refractivity contribution >= 4 is 21.6 Å². The van der Waals surface area contributed by atoms with Gasteiger partial charge in [0, 0.05) is 29.8 Å². The normalized spacial score (nSPS) is 24.0. The SMILES string of the molecule is CC1CCCCC1N(C)c1ccc(Br)cc1CN. The standard InChI is InChI=1S/C15H23BrN2/c1-11-5-3-4-6-14(11)18(2)15-8-7-13(16)9-12(15)10-17/h7-9,11,14H,3-6,10,17H2,1-2H3. The number of rotatable bonds is 3. The minimum absolute atomic E-state index is 0.597. The van der Waals surface area contributed by atoms with Crippen molar-refractivity contribution in [2.75, 3.05) is 11.9 Å². The zero-order chi connectivity index (χ0) is 13.1. The van der Waals surface area contributed by atoms with Crippen LogP contribution in [0, 0.1) is 5.92 Å². The molecule has 2 atom stereocenters. The fraction of sp³-hybridized carbons (Fsp3) is 0.600. The molecule has 1 fully saturated rings. The van der Waals surface area contributed by atoms with Gasteiger partial charge >= 0.3 is 0 Å². The van der Waals surface area contributed by atoms with Crippen molar-refractivity contribution in [2.45, 2.75) is 45.2 Å². The van der Waals surface area contributed by atoms with Crippen LogP contribution in [0.1, 0.15) is 38.2 Å². The molecule has 0 aromatic heterocycles. The van der Waals surface area contributed by atoms with Crippen LogP contribution in [0.4, 0.5) is 5.69 Å². The van der Waals surface area contributed by atoms with Gasteiger partial charge in [0.25, 0.3) is 0 Å². The number of hydrogen-bond donors (Lipinski definition) is 1. The third-order valence-electron chi connectivity index (χ3n) is 4.21. The molecule has 3 heteroatoms. The summed E-state index contributed by atoms with van der Waals surface area (Å²) in [6, 6.07) is 7.09. The maximum atomic E-state index is 5.87. The van der Waals surface area contributed by atoms with Gasteiger partial charge in [0.2, 0.25) is 0 Å². The van der Waals surface area contributed by atoms with Gasteiger partial charge in [-0.05, 0) is 42.5 Å². The van der Waals surface area contributed by atoms with Crippen LogP contribution in [0.25, 0.3) is 0 Å². The van der Waals surface area contributed by atoms with E-state index in [0.29, 0.717) is 12.6 Å². The van der Waals surface area contributed by atoms with Crippen LogP contribution < -0.4 is 10.6 Å². The highest BCUT2D eigenvalue weighted by atomic mass is 79.9. The van der Waals surface area contributed by atoms with E-state index in [1.54, 1.807) is 0 Å². The molecule has 2 nitrogen and oxygen atoms in total. The molecule has 0 saturated heterocycles. The van der Waals surface area contributed by atoms with E-state index in [4.69, 9.17) is 5.73 Å². The van der Waals surface area contributed by atoms with Crippen molar-refractivity contribution in [2.24, 2.45) is 11.7 Å². The second-order valence-corrected chi connectivity index (χ2v) is 6.33. The molecule has 2 unspecified atom stereocenters. The first-order valence-electron chi connectivity index (χ1n) is 6.85. The Kier molecular flexibility index (Phi) is 4.68. The molecule has 1 aromatic rings. The first-order valence-corrected chi connectivity index (χ1v) is 7.64. The Balaban J connectivity index is 2.24. The van der Waals surface area contributed by atoms with E-state index < -0.39 is 0 Å². The average Bonchev–Trinajstić information content (AvgIpc) is 2.38. The molecular weight excluding hydrogens is 288 g/mol. The van der Waals surface area contributed by atoms with Gasteiger partial charge in [-0.3, -0.25) is 0 Å². The van der Waals surface area contributed by atoms with Gasteiger partial charge in [0.1, 0.15) is 0 Å². The lowest BCUT2D eigenvalue weighted by molar-refractivity contribution is 0.321. The Morgan fingerprint density at radius 2 is 2.06 bits per heavy atom. The van der Waals surface area contributed by atoms with E-state index in [1.807, 2.05) is 0 Å². The molecule has 1 aromatic carbocycles. The second kappa shape index (κ2) is 6.07. The predicted octanol–water partition coefficient (Wildman–Crippen LogP) is 3.92. The lowest BCUT2D eigenvalue weighted by Gasteiger charge is -2.38. The quantitative estimate of drug-likeness (QED) is 0.916. The van der Waals surface area contributed by atoms with Crippen LogP contribution in [0.15, 0.2) is 22.7 Å². The van der Waals surface area contributed by atoms with Crippen molar-refractivity contribution in [1.29, 1.82) is 0 Å². The van der Waals surface area contributed by atoms with Gasteiger partial charge in [0.05, 0.1) is 0 Å². The number of anilines is 1. The molecule has 0 amide bonds. The lowest BCUT2D eigenvalue weighted by atomic mass is 9.84. The van der Waals surface area contributed by atoms with Crippen LogP contribution in [-0.2, 0) is 6.54 Å². The van der Waals surface area contributed by atoms with Crippen molar-refractivity contribution in [3.8, 4) is 0 Å². The highest BCUT2D eigenvalue weighted by Crippen LogP contribution is 2.32. The maximum Gasteiger partial charge on any atom is 0.0412 e. The van der Waals surface area contributed by atoms with E-state index in [9.17, 15) is 0 Å². The Bertz CT molecular complexity index is 405. The van der Waals surface area contributed by atoms with Gasteiger partial charge in [-0.2, -0.15) is 0 Å². The summed E-state index contributed by atoms with van der Waals surface area (Å²) in [4.78, 5) is 2.44. The summed E-state index contributed by atoms with van der Waals surface area (Å²) in [6.07, 6.45) is 5.39. The fourth-order valence-corrected chi connectivity index (χ4v) is 3.52. The summed E-state index contributed by atoms with van der Waals surface area (Å²) in [5.74, 6) is 0.776. The number of halogens is 1. The molecule has 0 radical (unpaired) electrons. The van der Waals surface area contributed by atoms with Gasteiger partial charge < -0.3 is 10.6 Å². The second-order valence-electron chi connectivity index (χ2n) is 5.42. The summed E-state index contributed by atoms with van der Waals surface area (Å²) in [7, 11) is 2.22. The topological polar surface area (TPSA) is 29.3 Å². The molecule has 2 N–H and O–H groups in total. The summed E-state index contributed by atoms with van der Waals surface area (Å²) in [5, 5.41) is 0. The van der Waals surface area contributed by atoms with Crippen LogP contribution in [-0.4, -0.2) is 13.1 Å². The molecular formula is C15H23BrN2. The summed E-state index contributed by atoms with van der Waals surface area (Å²) >= 11 is 3.52. The molecule has 18 heavy (non-hydrogen) atoms. The predicted molar refractivity (Wildman–Crippen MR) is 81.9 cm³/mol. The van der Waals surface area contributed by atoms with Crippen LogP contribution in [0.2, 0.25) is 0 Å². The largest absolute Gasteiger partial charge is 0.371 e. The molecule has 1 aliphatic carbocycles. The van der Waals surface area contributed by atoms with Gasteiger partial charge in [-0.1, -0.05) is 35.7 Å². The Hall–Kier alpha value is -0.540. The highest BCUT2D eigenvalue weighted by molar-refractivity contribution is 9.10. The number of nitrogens with zero attached hydrogens (tertiary/aromatic N) is 1. The Labute approximate surface area is 119 Å². The van der Waals surface area contributed by atoms with Crippen molar-refractivity contribution in [3.05, 3.63) is 28.2 Å². The average molecular weight is 311 g/mol. The number of benzene rings is 1. The third kappa shape index (κ3) is 2.89. The molecule has 1 saturated carbocycles. The summed E-state index contributed by atoms with van der Waals surface area (Å²) < 4.78 is 1.11. The van der Waals surface area contributed by atoms with Gasteiger partial charge in [-0.15, -0.1) is 0 Å². The minimum Gasteiger partial charge on any atom is -0.371 e. The lowest BCUT2D eigenvalue weighted by Crippen LogP contribution is -2.39. The van der Waals surface area contributed by atoms with Gasteiger partial charge in [0.15, 0.2) is 0 Å². The van der Waals surface area contributed by atoms with Crippen LogP contribution >= 0.6 is 15.9 Å². The van der Waals surface area contributed by atoms with Crippen molar-refractivity contribution in [3.63, 3.8) is 0 Å². The zero-order valence-corrected chi connectivity index (χ0v) is 12.9. The van der Waals surface area contributed by atoms with E-state index >= 15 is 0 Å². The summed E-state index contributed by atoms with van der Waals surface area (Å²) in [5.41, 5.74) is 8.39. The minimum atomic E-state index is 0.597. The Morgan fingerprint density at radius 1 is 1.33 bits per heavy atom. The van der Waals surface area contributed by atoms with Crippen LogP contribution in [0.3, 0.4) is 0 Å². The van der Waals surface area contributed by atoms with E-state index in [2.05, 4.69) is 53.0 Å². The van der Waals surface area contributed by atoms with E-state index in [1.165, 1.54) is 36.9 Å². The molecule has 0 spiro atoms. The molecule has 0 aliphatic heterocycles. The molecule has 0 heterocycles. The number of hydrogen-bond acceptors (Lipinski definition) is 2. The summed E-state index contributed by atoms with van der Waals surface area (Å²) in [6.45, 7) is 2.97. The molecule has 0 bridgehead atoms. The Morgan fingerprint density at radius 3 is 2.72 bits per heavy atom. The van der Waals surface area contributed by atoms with E-state index in [-0.39, 0.29) is 0 Å². The molecule has 2 rings (SSSR count).